The number of nitriles is 1. The molecule has 0 aliphatic rings. The van der Waals surface area contributed by atoms with E-state index in [1.807, 2.05) is 6.07 Å². The van der Waals surface area contributed by atoms with Crippen LogP contribution in [0.1, 0.15) is 5.56 Å². The minimum atomic E-state index is -4.03. The molecule has 0 radical (unpaired) electrons. The zero-order valence-corrected chi connectivity index (χ0v) is 11.7. The Morgan fingerprint density at radius 2 is 1.86 bits per heavy atom. The van der Waals surface area contributed by atoms with Crippen LogP contribution in [-0.2, 0) is 16.4 Å². The van der Waals surface area contributed by atoms with E-state index in [4.69, 9.17) is 11.0 Å². The Labute approximate surface area is 121 Å². The van der Waals surface area contributed by atoms with Gasteiger partial charge < -0.3 is 5.73 Å². The molecule has 2 aromatic rings. The van der Waals surface area contributed by atoms with Crippen LogP contribution in [0, 0.1) is 17.1 Å². The van der Waals surface area contributed by atoms with E-state index in [-0.39, 0.29) is 17.8 Å². The standard InChI is InChI=1S/C14H12FN3O2S/c15-13-9-11(17)3-6-14(13)21(19,20)18-12-4-1-10(2-5-12)7-8-16/h1-6,9,18H,7,17H2. The minimum Gasteiger partial charge on any atom is -0.399 e. The molecule has 0 fully saturated rings. The predicted octanol–water partition coefficient (Wildman–Crippen LogP) is 2.27. The Morgan fingerprint density at radius 3 is 2.43 bits per heavy atom. The van der Waals surface area contributed by atoms with Crippen LogP contribution >= 0.6 is 0 Å². The van der Waals surface area contributed by atoms with Crippen molar-refractivity contribution in [3.05, 3.63) is 53.8 Å². The smallest absolute Gasteiger partial charge is 0.264 e. The first-order valence-corrected chi connectivity index (χ1v) is 7.44. The number of nitrogen functional groups attached to an aromatic ring is 1. The second-order valence-corrected chi connectivity index (χ2v) is 5.98. The Morgan fingerprint density at radius 1 is 1.19 bits per heavy atom. The average molecular weight is 305 g/mol. The molecule has 3 N–H and O–H groups in total. The summed E-state index contributed by atoms with van der Waals surface area (Å²) in [6.45, 7) is 0. The summed E-state index contributed by atoms with van der Waals surface area (Å²) < 4.78 is 40.2. The lowest BCUT2D eigenvalue weighted by Gasteiger charge is -2.09. The van der Waals surface area contributed by atoms with Crippen molar-refractivity contribution in [3.8, 4) is 6.07 Å². The van der Waals surface area contributed by atoms with Crippen LogP contribution in [0.4, 0.5) is 15.8 Å². The molecule has 0 amide bonds. The molecule has 0 unspecified atom stereocenters. The SMILES string of the molecule is N#CCc1ccc(NS(=O)(=O)c2ccc(N)cc2F)cc1. The van der Waals surface area contributed by atoms with Crippen LogP contribution < -0.4 is 10.5 Å². The third kappa shape index (κ3) is 3.49. The molecule has 2 aromatic carbocycles. The number of nitrogens with zero attached hydrogens (tertiary/aromatic N) is 1. The molecular weight excluding hydrogens is 293 g/mol. The van der Waals surface area contributed by atoms with E-state index in [9.17, 15) is 12.8 Å². The molecule has 5 nitrogen and oxygen atoms in total. The highest BCUT2D eigenvalue weighted by atomic mass is 32.2. The number of nitrogens with one attached hydrogen (secondary N) is 1. The van der Waals surface area contributed by atoms with Crippen molar-refractivity contribution >= 4 is 21.4 Å². The molecule has 7 heteroatoms. The molecule has 0 aliphatic carbocycles. The first kappa shape index (κ1) is 14.8. The summed E-state index contributed by atoms with van der Waals surface area (Å²) >= 11 is 0. The van der Waals surface area contributed by atoms with Crippen LogP contribution in [-0.4, -0.2) is 8.42 Å². The lowest BCUT2D eigenvalue weighted by Crippen LogP contribution is -2.14. The normalized spacial score (nSPS) is 10.9. The van der Waals surface area contributed by atoms with E-state index < -0.39 is 20.7 Å². The average Bonchev–Trinajstić information content (AvgIpc) is 2.40. The molecule has 0 saturated carbocycles. The summed E-state index contributed by atoms with van der Waals surface area (Å²) in [6, 6.07) is 11.6. The lowest BCUT2D eigenvalue weighted by atomic mass is 10.1. The topological polar surface area (TPSA) is 96.0 Å². The van der Waals surface area contributed by atoms with Gasteiger partial charge in [0.15, 0.2) is 0 Å². The third-order valence-electron chi connectivity index (χ3n) is 2.73. The Balaban J connectivity index is 2.27. The van der Waals surface area contributed by atoms with E-state index in [1.54, 1.807) is 12.1 Å². The summed E-state index contributed by atoms with van der Waals surface area (Å²) in [6.07, 6.45) is 0.236. The molecule has 0 bridgehead atoms. The summed E-state index contributed by atoms with van der Waals surface area (Å²) in [5, 5.41) is 8.56. The van der Waals surface area contributed by atoms with E-state index in [1.165, 1.54) is 18.2 Å². The molecular formula is C14H12FN3O2S. The van der Waals surface area contributed by atoms with Gasteiger partial charge in [0.2, 0.25) is 0 Å². The molecule has 21 heavy (non-hydrogen) atoms. The second kappa shape index (κ2) is 5.81. The number of sulfonamides is 1. The summed E-state index contributed by atoms with van der Waals surface area (Å²) in [5.74, 6) is -0.913. The van der Waals surface area contributed by atoms with E-state index in [2.05, 4.69) is 4.72 Å². The van der Waals surface area contributed by atoms with Gasteiger partial charge in [-0.1, -0.05) is 12.1 Å². The van der Waals surface area contributed by atoms with Gasteiger partial charge in [-0.25, -0.2) is 12.8 Å². The highest BCUT2D eigenvalue weighted by molar-refractivity contribution is 7.92. The number of rotatable bonds is 4. The lowest BCUT2D eigenvalue weighted by molar-refractivity contribution is 0.571. The molecule has 0 heterocycles. The summed E-state index contributed by atoms with van der Waals surface area (Å²) in [5.41, 5.74) is 6.58. The van der Waals surface area contributed by atoms with Crippen LogP contribution in [0.3, 0.4) is 0 Å². The van der Waals surface area contributed by atoms with Gasteiger partial charge in [-0.2, -0.15) is 5.26 Å². The van der Waals surface area contributed by atoms with E-state index >= 15 is 0 Å². The van der Waals surface area contributed by atoms with Gasteiger partial charge in [0.1, 0.15) is 10.7 Å². The van der Waals surface area contributed by atoms with Crippen molar-refractivity contribution < 1.29 is 12.8 Å². The van der Waals surface area contributed by atoms with Gasteiger partial charge in [0.25, 0.3) is 10.0 Å². The molecule has 0 atom stereocenters. The quantitative estimate of drug-likeness (QED) is 0.847. The van der Waals surface area contributed by atoms with Crippen molar-refractivity contribution in [2.75, 3.05) is 10.5 Å². The summed E-state index contributed by atoms with van der Waals surface area (Å²) in [7, 11) is -4.03. The fourth-order valence-electron chi connectivity index (χ4n) is 1.73. The van der Waals surface area contributed by atoms with Crippen LogP contribution in [0.5, 0.6) is 0 Å². The highest BCUT2D eigenvalue weighted by Crippen LogP contribution is 2.21. The van der Waals surface area contributed by atoms with E-state index in [0.29, 0.717) is 0 Å². The van der Waals surface area contributed by atoms with Gasteiger partial charge in [0, 0.05) is 11.4 Å². The van der Waals surface area contributed by atoms with Gasteiger partial charge in [-0.15, -0.1) is 0 Å². The number of benzene rings is 2. The Kier molecular flexibility index (Phi) is 4.10. The van der Waals surface area contributed by atoms with Gasteiger partial charge in [0.05, 0.1) is 12.5 Å². The zero-order chi connectivity index (χ0) is 15.5. The second-order valence-electron chi connectivity index (χ2n) is 4.33. The highest BCUT2D eigenvalue weighted by Gasteiger charge is 2.19. The molecule has 0 aliphatic heterocycles. The first-order valence-electron chi connectivity index (χ1n) is 5.96. The predicted molar refractivity (Wildman–Crippen MR) is 77.4 cm³/mol. The molecule has 0 spiro atoms. The molecule has 0 saturated heterocycles. The third-order valence-corrected chi connectivity index (χ3v) is 4.15. The van der Waals surface area contributed by atoms with Crippen LogP contribution in [0.2, 0.25) is 0 Å². The van der Waals surface area contributed by atoms with Gasteiger partial charge in [-0.3, -0.25) is 4.72 Å². The van der Waals surface area contributed by atoms with Gasteiger partial charge >= 0.3 is 0 Å². The Bertz CT molecular complexity index is 796. The van der Waals surface area contributed by atoms with E-state index in [0.717, 1.165) is 17.7 Å². The van der Waals surface area contributed by atoms with Crippen molar-refractivity contribution in [3.63, 3.8) is 0 Å². The number of hydrogen-bond donors (Lipinski definition) is 2. The molecule has 0 aromatic heterocycles. The van der Waals surface area contributed by atoms with Crippen molar-refractivity contribution in [2.45, 2.75) is 11.3 Å². The maximum absolute atomic E-state index is 13.7. The first-order chi connectivity index (χ1) is 9.92. The van der Waals surface area contributed by atoms with Crippen LogP contribution in [0.15, 0.2) is 47.4 Å². The number of hydrogen-bond acceptors (Lipinski definition) is 4. The molecule has 2 rings (SSSR count). The van der Waals surface area contributed by atoms with Crippen molar-refractivity contribution in [2.24, 2.45) is 0 Å². The number of nitrogens with two attached hydrogens (primary N) is 1. The maximum atomic E-state index is 13.7. The largest absolute Gasteiger partial charge is 0.399 e. The van der Waals surface area contributed by atoms with Crippen molar-refractivity contribution in [1.82, 2.24) is 0 Å². The van der Waals surface area contributed by atoms with Crippen LogP contribution in [0.25, 0.3) is 0 Å². The molecule has 108 valence electrons. The van der Waals surface area contributed by atoms with Crippen molar-refractivity contribution in [1.29, 1.82) is 5.26 Å². The summed E-state index contributed by atoms with van der Waals surface area (Å²) in [4.78, 5) is -0.474. The van der Waals surface area contributed by atoms with Gasteiger partial charge in [-0.05, 0) is 35.9 Å². The zero-order valence-electron chi connectivity index (χ0n) is 10.9. The maximum Gasteiger partial charge on any atom is 0.264 e. The Hall–Kier alpha value is -2.59. The minimum absolute atomic E-state index is 0.146. The number of anilines is 2. The fourth-order valence-corrected chi connectivity index (χ4v) is 2.85. The monoisotopic (exact) mass is 305 g/mol. The fraction of sp³-hybridized carbons (Fsp3) is 0.0714. The number of halogens is 1.